The molecular formula is C18H19N3O3S. The van der Waals surface area contributed by atoms with Gasteiger partial charge in [-0.1, -0.05) is 18.2 Å². The summed E-state index contributed by atoms with van der Waals surface area (Å²) in [6.45, 7) is 2.37. The molecule has 6 nitrogen and oxygen atoms in total. The van der Waals surface area contributed by atoms with Gasteiger partial charge in [-0.2, -0.15) is 0 Å². The van der Waals surface area contributed by atoms with Crippen molar-refractivity contribution >= 4 is 27.5 Å². The zero-order valence-corrected chi connectivity index (χ0v) is 14.7. The summed E-state index contributed by atoms with van der Waals surface area (Å²) < 4.78 is 27.0. The highest BCUT2D eigenvalue weighted by atomic mass is 32.2. The van der Waals surface area contributed by atoms with Gasteiger partial charge in [0, 0.05) is 24.5 Å². The average Bonchev–Trinajstić information content (AvgIpc) is 2.60. The van der Waals surface area contributed by atoms with Gasteiger partial charge in [-0.3, -0.25) is 4.79 Å². The molecule has 130 valence electrons. The number of nitrogens with zero attached hydrogens (tertiary/aromatic N) is 3. The van der Waals surface area contributed by atoms with Gasteiger partial charge in [0.25, 0.3) is 15.9 Å². The van der Waals surface area contributed by atoms with Crippen LogP contribution in [0.25, 0.3) is 0 Å². The fourth-order valence-corrected chi connectivity index (χ4v) is 4.43. The van der Waals surface area contributed by atoms with Crippen LogP contribution in [0.15, 0.2) is 52.6 Å². The van der Waals surface area contributed by atoms with Crippen molar-refractivity contribution in [2.24, 2.45) is 4.40 Å². The van der Waals surface area contributed by atoms with Crippen molar-refractivity contribution in [3.05, 3.63) is 53.8 Å². The first-order valence-electron chi connectivity index (χ1n) is 8.35. The molecule has 0 radical (unpaired) electrons. The third-order valence-electron chi connectivity index (χ3n) is 4.81. The molecule has 3 aliphatic rings. The number of para-hydroxylation sites is 1. The summed E-state index contributed by atoms with van der Waals surface area (Å²) in [4.78, 5) is 16.7. The molecule has 4 rings (SSSR count). The Bertz CT molecular complexity index is 931. The summed E-state index contributed by atoms with van der Waals surface area (Å²) in [5, 5.41) is 0. The molecule has 0 saturated carbocycles. The first-order valence-corrected chi connectivity index (χ1v) is 9.96. The lowest BCUT2D eigenvalue weighted by Gasteiger charge is -2.36. The standard InChI is InChI=1S/C18H19N3O3S/c1-13-6-7-14-4-2-3-5-16(14)21(13)18(22)15-8-9-17-19-25(23,24)11-10-20(17)12-15/h2-5,8-9,12-13H,6-7,10-11H2,1H3/t13-/m1/s1. The van der Waals surface area contributed by atoms with Crippen LogP contribution in [0.1, 0.15) is 18.9 Å². The maximum absolute atomic E-state index is 13.1. The minimum Gasteiger partial charge on any atom is -0.330 e. The molecule has 25 heavy (non-hydrogen) atoms. The van der Waals surface area contributed by atoms with E-state index in [-0.39, 0.29) is 17.7 Å². The molecule has 3 aliphatic heterocycles. The van der Waals surface area contributed by atoms with Crippen LogP contribution < -0.4 is 4.90 Å². The maximum Gasteiger partial charge on any atom is 0.260 e. The van der Waals surface area contributed by atoms with Gasteiger partial charge in [-0.05, 0) is 43.5 Å². The van der Waals surface area contributed by atoms with Gasteiger partial charge in [0.2, 0.25) is 0 Å². The highest BCUT2D eigenvalue weighted by Gasteiger charge is 2.31. The van der Waals surface area contributed by atoms with Crippen LogP contribution in [0.3, 0.4) is 0 Å². The Morgan fingerprint density at radius 1 is 1.24 bits per heavy atom. The molecule has 0 saturated heterocycles. The van der Waals surface area contributed by atoms with Crippen LogP contribution >= 0.6 is 0 Å². The van der Waals surface area contributed by atoms with Crippen LogP contribution in [0.5, 0.6) is 0 Å². The van der Waals surface area contributed by atoms with Crippen molar-refractivity contribution < 1.29 is 13.2 Å². The fraction of sp³-hybridized carbons (Fsp3) is 0.333. The summed E-state index contributed by atoms with van der Waals surface area (Å²) in [7, 11) is -3.39. The monoisotopic (exact) mass is 357 g/mol. The topological polar surface area (TPSA) is 70.1 Å². The van der Waals surface area contributed by atoms with Crippen LogP contribution in [0.4, 0.5) is 5.69 Å². The fourth-order valence-electron chi connectivity index (χ4n) is 3.46. The zero-order valence-electron chi connectivity index (χ0n) is 13.9. The highest BCUT2D eigenvalue weighted by Crippen LogP contribution is 2.32. The van der Waals surface area contributed by atoms with E-state index in [1.807, 2.05) is 23.1 Å². The molecule has 1 amide bonds. The molecule has 0 aliphatic carbocycles. The molecule has 3 heterocycles. The van der Waals surface area contributed by atoms with Crippen molar-refractivity contribution in [2.45, 2.75) is 25.8 Å². The number of sulfonamides is 1. The van der Waals surface area contributed by atoms with Crippen molar-refractivity contribution in [3.63, 3.8) is 0 Å². The Hall–Kier alpha value is -2.41. The Balaban J connectivity index is 1.67. The van der Waals surface area contributed by atoms with E-state index >= 15 is 0 Å². The summed E-state index contributed by atoms with van der Waals surface area (Å²) in [6.07, 6.45) is 6.86. The second-order valence-corrected chi connectivity index (χ2v) is 8.29. The third kappa shape index (κ3) is 2.89. The van der Waals surface area contributed by atoms with Gasteiger partial charge in [-0.25, -0.2) is 8.42 Å². The average molecular weight is 357 g/mol. The van der Waals surface area contributed by atoms with Gasteiger partial charge >= 0.3 is 0 Å². The van der Waals surface area contributed by atoms with Gasteiger partial charge in [0.05, 0.1) is 11.3 Å². The lowest BCUT2D eigenvalue weighted by molar-refractivity contribution is -0.115. The normalized spacial score (nSPS) is 24.1. The maximum atomic E-state index is 13.1. The zero-order chi connectivity index (χ0) is 17.6. The Morgan fingerprint density at radius 2 is 2.04 bits per heavy atom. The summed E-state index contributed by atoms with van der Waals surface area (Å²) >= 11 is 0. The van der Waals surface area contributed by atoms with Crippen LogP contribution in [0, 0.1) is 0 Å². The van der Waals surface area contributed by atoms with Crippen molar-refractivity contribution in [1.29, 1.82) is 0 Å². The number of hydrogen-bond donors (Lipinski definition) is 0. The first kappa shape index (κ1) is 16.1. The number of fused-ring (bicyclic) bond motifs is 2. The number of benzene rings is 1. The van der Waals surface area contributed by atoms with E-state index in [1.165, 1.54) is 5.56 Å². The predicted octanol–water partition coefficient (Wildman–Crippen LogP) is 1.85. The third-order valence-corrected chi connectivity index (χ3v) is 5.98. The molecule has 7 heteroatoms. The number of aryl methyl sites for hydroxylation is 1. The van der Waals surface area contributed by atoms with E-state index in [4.69, 9.17) is 0 Å². The number of amides is 1. The van der Waals surface area contributed by atoms with Crippen molar-refractivity contribution in [2.75, 3.05) is 17.2 Å². The smallest absolute Gasteiger partial charge is 0.260 e. The SMILES string of the molecule is C[C@@H]1CCc2ccccc2N1C(=O)C1=CN2CCS(=O)(=O)N=C2C=C1. The van der Waals surface area contributed by atoms with Gasteiger partial charge in [-0.15, -0.1) is 4.40 Å². The summed E-state index contributed by atoms with van der Waals surface area (Å²) in [6, 6.07) is 8.10. The van der Waals surface area contributed by atoms with Gasteiger partial charge < -0.3 is 9.80 Å². The number of carbonyl (C=O) groups excluding carboxylic acids is 1. The molecule has 0 unspecified atom stereocenters. The molecule has 1 aromatic rings. The number of amidine groups is 1. The van der Waals surface area contributed by atoms with E-state index in [2.05, 4.69) is 17.4 Å². The molecule has 0 aromatic heterocycles. The Morgan fingerprint density at radius 3 is 2.88 bits per heavy atom. The van der Waals surface area contributed by atoms with Crippen molar-refractivity contribution in [3.8, 4) is 0 Å². The Kier molecular flexibility index (Phi) is 3.76. The van der Waals surface area contributed by atoms with E-state index in [0.717, 1.165) is 18.5 Å². The van der Waals surface area contributed by atoms with Crippen LogP contribution in [-0.2, 0) is 21.2 Å². The molecule has 0 fully saturated rings. The molecule has 1 atom stereocenters. The van der Waals surface area contributed by atoms with Crippen molar-refractivity contribution in [1.82, 2.24) is 4.90 Å². The highest BCUT2D eigenvalue weighted by molar-refractivity contribution is 7.90. The lowest BCUT2D eigenvalue weighted by atomic mass is 9.95. The van der Waals surface area contributed by atoms with E-state index in [1.54, 1.807) is 23.3 Å². The van der Waals surface area contributed by atoms with Crippen LogP contribution in [-0.4, -0.2) is 43.4 Å². The summed E-state index contributed by atoms with van der Waals surface area (Å²) in [5.41, 5.74) is 2.68. The van der Waals surface area contributed by atoms with Crippen LogP contribution in [0.2, 0.25) is 0 Å². The number of anilines is 1. The quantitative estimate of drug-likeness (QED) is 0.769. The number of carbonyl (C=O) groups is 1. The van der Waals surface area contributed by atoms with Gasteiger partial charge in [0.15, 0.2) is 0 Å². The minimum atomic E-state index is -3.39. The molecule has 0 spiro atoms. The molecule has 0 bridgehead atoms. The molecule has 1 aromatic carbocycles. The number of rotatable bonds is 1. The first-order chi connectivity index (χ1) is 11.9. The van der Waals surface area contributed by atoms with E-state index < -0.39 is 10.0 Å². The number of hydrogen-bond acceptors (Lipinski definition) is 4. The second kappa shape index (κ2) is 5.84. The lowest BCUT2D eigenvalue weighted by Crippen LogP contribution is -2.44. The minimum absolute atomic E-state index is 0.0364. The predicted molar refractivity (Wildman–Crippen MR) is 96.9 cm³/mol. The van der Waals surface area contributed by atoms with E-state index in [9.17, 15) is 13.2 Å². The molecule has 0 N–H and O–H groups in total. The summed E-state index contributed by atoms with van der Waals surface area (Å²) in [5.74, 6) is 0.268. The second-order valence-electron chi connectivity index (χ2n) is 6.54. The molecular weight excluding hydrogens is 338 g/mol. The Labute approximate surface area is 147 Å². The van der Waals surface area contributed by atoms with Gasteiger partial charge in [0.1, 0.15) is 5.84 Å². The van der Waals surface area contributed by atoms with E-state index in [0.29, 0.717) is 18.0 Å². The largest absolute Gasteiger partial charge is 0.330 e.